The number of alkyl halides is 5. The van der Waals surface area contributed by atoms with Crippen molar-refractivity contribution in [2.24, 2.45) is 5.14 Å². The van der Waals surface area contributed by atoms with E-state index in [0.717, 1.165) is 0 Å². The second-order valence-electron chi connectivity index (χ2n) is 1.31. The van der Waals surface area contributed by atoms with Crippen LogP contribution in [0.1, 0.15) is 0 Å². The van der Waals surface area contributed by atoms with Crippen LogP contribution in [0.3, 0.4) is 0 Å². The normalized spacial score (nSPS) is 17.0. The van der Waals surface area contributed by atoms with E-state index in [0.29, 0.717) is 0 Å². The van der Waals surface area contributed by atoms with Crippen LogP contribution >= 0.6 is 11.6 Å². The van der Waals surface area contributed by atoms with Gasteiger partial charge in [0.15, 0.2) is 11.0 Å². The summed E-state index contributed by atoms with van der Waals surface area (Å²) in [5.74, 6) is 0. The highest BCUT2D eigenvalue weighted by atomic mass is 35.5. The third-order valence-corrected chi connectivity index (χ3v) is 1.69. The van der Waals surface area contributed by atoms with Crippen LogP contribution in [0.4, 0.5) is 17.6 Å². The minimum Gasteiger partial charge on any atom is -0.246 e. The molecule has 0 fully saturated rings. The molecule has 2 N–H and O–H groups in total. The molecule has 0 saturated heterocycles. The lowest BCUT2D eigenvalue weighted by Gasteiger charge is -2.16. The number of halogens is 5. The van der Waals surface area contributed by atoms with E-state index >= 15 is 0 Å². The van der Waals surface area contributed by atoms with Crippen LogP contribution in [0.2, 0.25) is 0 Å². The maximum Gasteiger partial charge on any atom is 0.410 e. The van der Waals surface area contributed by atoms with Crippen molar-refractivity contribution in [3.05, 3.63) is 0 Å². The lowest BCUT2D eigenvalue weighted by atomic mass is 10.7. The van der Waals surface area contributed by atoms with Gasteiger partial charge in [0.2, 0.25) is 0 Å². The minimum absolute atomic E-state index is 3.46. The molecule has 2 nitrogen and oxygen atoms in total. The first-order valence-corrected chi connectivity index (χ1v) is 3.39. The molecule has 0 aromatic heterocycles. The average Bonchev–Trinajstić information content (AvgIpc) is 1.62. The Kier molecular flexibility index (Phi) is 2.66. The molecule has 0 aliphatic rings. The van der Waals surface area contributed by atoms with E-state index in [1.54, 1.807) is 0 Å². The average molecular weight is 200 g/mol. The van der Waals surface area contributed by atoms with Crippen molar-refractivity contribution in [3.8, 4) is 0 Å². The van der Waals surface area contributed by atoms with Crippen molar-refractivity contribution in [1.29, 1.82) is 0 Å². The third kappa shape index (κ3) is 1.80. The zero-order valence-electron chi connectivity index (χ0n) is 4.28. The Morgan fingerprint density at radius 3 is 1.60 bits per heavy atom. The summed E-state index contributed by atoms with van der Waals surface area (Å²) in [7, 11) is -3.46. The summed E-state index contributed by atoms with van der Waals surface area (Å²) in [4.78, 5) is 0. The first-order valence-electron chi connectivity index (χ1n) is 1.80. The first-order chi connectivity index (χ1) is 4.19. The first kappa shape index (κ1) is 10.1. The van der Waals surface area contributed by atoms with Crippen molar-refractivity contribution < 1.29 is 21.8 Å². The number of hydrogen-bond donors (Lipinski definition) is 1. The van der Waals surface area contributed by atoms with Gasteiger partial charge in [0, 0.05) is 0 Å². The predicted molar refractivity (Wildman–Crippen MR) is 28.1 cm³/mol. The molecule has 0 spiro atoms. The molecule has 0 unspecified atom stereocenters. The molecule has 1 atom stereocenters. The fourth-order valence-electron chi connectivity index (χ4n) is 0.114. The quantitative estimate of drug-likeness (QED) is 0.524. The van der Waals surface area contributed by atoms with Gasteiger partial charge < -0.3 is 0 Å². The van der Waals surface area contributed by atoms with Crippen molar-refractivity contribution in [3.63, 3.8) is 0 Å². The number of hydrogen-bond acceptors (Lipinski definition) is 1. The minimum atomic E-state index is -4.88. The SMILES string of the molecule is N[S@](=O)C(F)(F)C(F)(F)Cl. The van der Waals surface area contributed by atoms with E-state index < -0.39 is 21.6 Å². The maximum atomic E-state index is 11.7. The van der Waals surface area contributed by atoms with Crippen molar-refractivity contribution >= 4 is 22.6 Å². The topological polar surface area (TPSA) is 43.1 Å². The fraction of sp³-hybridized carbons (Fsp3) is 1.00. The molecule has 0 aliphatic heterocycles. The van der Waals surface area contributed by atoms with Crippen LogP contribution in [0, 0.1) is 0 Å². The molecule has 62 valence electrons. The predicted octanol–water partition coefficient (Wildman–Crippen LogP) is 1.03. The van der Waals surface area contributed by atoms with Crippen molar-refractivity contribution in [2.75, 3.05) is 0 Å². The smallest absolute Gasteiger partial charge is 0.246 e. The number of rotatable bonds is 2. The number of nitrogens with two attached hydrogens (primary N) is 1. The second kappa shape index (κ2) is 2.63. The van der Waals surface area contributed by atoms with E-state index in [1.807, 2.05) is 0 Å². The van der Waals surface area contributed by atoms with Gasteiger partial charge in [-0.15, -0.1) is 0 Å². The Bertz CT molecular complexity index is 156. The molecule has 0 amide bonds. The van der Waals surface area contributed by atoms with Crippen molar-refractivity contribution in [2.45, 2.75) is 10.6 Å². The molecule has 0 aliphatic carbocycles. The molecule has 0 heterocycles. The molecule has 10 heavy (non-hydrogen) atoms. The van der Waals surface area contributed by atoms with E-state index in [2.05, 4.69) is 16.7 Å². The molecule has 0 saturated carbocycles. The van der Waals surface area contributed by atoms with Crippen LogP contribution in [0.15, 0.2) is 0 Å². The Balaban J connectivity index is 4.57. The van der Waals surface area contributed by atoms with E-state index in [4.69, 9.17) is 0 Å². The zero-order valence-corrected chi connectivity index (χ0v) is 5.86. The summed E-state index contributed by atoms with van der Waals surface area (Å²) >= 11 is 3.86. The summed E-state index contributed by atoms with van der Waals surface area (Å²) in [6, 6.07) is 0. The van der Waals surface area contributed by atoms with Gasteiger partial charge in [0.1, 0.15) is 0 Å². The molecule has 0 aromatic carbocycles. The van der Waals surface area contributed by atoms with Crippen LogP contribution in [0.5, 0.6) is 0 Å². The zero-order chi connectivity index (χ0) is 8.58. The Hall–Kier alpha value is 0.120. The summed E-state index contributed by atoms with van der Waals surface area (Å²) in [6.07, 6.45) is 0. The molecule has 0 radical (unpaired) electrons. The molecule has 0 rings (SSSR count). The van der Waals surface area contributed by atoms with Crippen LogP contribution < -0.4 is 5.14 Å². The molecule has 0 aromatic rings. The standard InChI is InChI=1S/C2H2ClF4NOS/c3-1(4,5)2(6,7)10(8)9/h8H2/t10-/m1/s1. The second-order valence-corrected chi connectivity index (χ2v) is 2.89. The maximum absolute atomic E-state index is 11.7. The molecular weight excluding hydrogens is 198 g/mol. The van der Waals surface area contributed by atoms with E-state index in [1.165, 1.54) is 0 Å². The van der Waals surface area contributed by atoms with Gasteiger partial charge in [-0.25, -0.2) is 9.35 Å². The van der Waals surface area contributed by atoms with E-state index in [-0.39, 0.29) is 0 Å². The van der Waals surface area contributed by atoms with Gasteiger partial charge in [0.05, 0.1) is 0 Å². The summed E-state index contributed by atoms with van der Waals surface area (Å²) in [5.41, 5.74) is 0. The lowest BCUT2D eigenvalue weighted by Crippen LogP contribution is -2.42. The molecule has 0 bridgehead atoms. The fourth-order valence-corrected chi connectivity index (χ4v) is 0.570. The monoisotopic (exact) mass is 199 g/mol. The van der Waals surface area contributed by atoms with Crippen LogP contribution in [-0.4, -0.2) is 14.8 Å². The third-order valence-electron chi connectivity index (χ3n) is 0.583. The van der Waals surface area contributed by atoms with E-state index in [9.17, 15) is 21.8 Å². The van der Waals surface area contributed by atoms with Gasteiger partial charge in [0.25, 0.3) is 0 Å². The highest BCUT2D eigenvalue weighted by Crippen LogP contribution is 2.38. The van der Waals surface area contributed by atoms with Gasteiger partial charge >= 0.3 is 10.6 Å². The lowest BCUT2D eigenvalue weighted by molar-refractivity contribution is -0.0932. The van der Waals surface area contributed by atoms with Gasteiger partial charge in [-0.05, 0) is 11.6 Å². The highest BCUT2D eigenvalue weighted by molar-refractivity contribution is 7.83. The van der Waals surface area contributed by atoms with Crippen LogP contribution in [0.25, 0.3) is 0 Å². The van der Waals surface area contributed by atoms with Crippen LogP contribution in [-0.2, 0) is 11.0 Å². The Morgan fingerprint density at radius 2 is 1.60 bits per heavy atom. The van der Waals surface area contributed by atoms with Gasteiger partial charge in [-0.3, -0.25) is 0 Å². The van der Waals surface area contributed by atoms with Crippen molar-refractivity contribution in [1.82, 2.24) is 0 Å². The van der Waals surface area contributed by atoms with Gasteiger partial charge in [-0.2, -0.15) is 17.6 Å². The molecule has 8 heteroatoms. The summed E-state index contributed by atoms with van der Waals surface area (Å²) in [5, 5.41) is -5.73. The Labute approximate surface area is 60.9 Å². The Morgan fingerprint density at radius 1 is 1.30 bits per heavy atom. The molecular formula is C2H2ClF4NOS. The largest absolute Gasteiger partial charge is 0.410 e. The highest BCUT2D eigenvalue weighted by Gasteiger charge is 2.59. The summed E-state index contributed by atoms with van der Waals surface area (Å²) in [6.45, 7) is 0. The van der Waals surface area contributed by atoms with Gasteiger partial charge in [-0.1, -0.05) is 0 Å². The summed E-state index contributed by atoms with van der Waals surface area (Å²) < 4.78 is 56.2.